The monoisotopic (exact) mass is 605 g/mol. The van der Waals surface area contributed by atoms with Gasteiger partial charge >= 0.3 is 12.2 Å². The molecule has 0 unspecified atom stereocenters. The first-order valence-electron chi connectivity index (χ1n) is 15.2. The molecule has 4 aromatic carbocycles. The van der Waals surface area contributed by atoms with Crippen LogP contribution in [0.5, 0.6) is 0 Å². The van der Waals surface area contributed by atoms with Crippen LogP contribution >= 0.6 is 0 Å². The van der Waals surface area contributed by atoms with Gasteiger partial charge in [-0.25, -0.2) is 9.59 Å². The minimum absolute atomic E-state index is 0.176. The predicted molar refractivity (Wildman–Crippen MR) is 174 cm³/mol. The smallest absolute Gasteiger partial charge is 0.408 e. The van der Waals surface area contributed by atoms with Gasteiger partial charge in [-0.2, -0.15) is 0 Å². The van der Waals surface area contributed by atoms with Crippen molar-refractivity contribution in [3.8, 4) is 11.1 Å². The zero-order chi connectivity index (χ0) is 31.8. The van der Waals surface area contributed by atoms with E-state index in [1.54, 1.807) is 25.7 Å². The predicted octanol–water partition coefficient (Wildman–Crippen LogP) is 7.15. The maximum absolute atomic E-state index is 13.8. The molecule has 1 atom stereocenters. The van der Waals surface area contributed by atoms with Gasteiger partial charge in [0, 0.05) is 12.2 Å². The van der Waals surface area contributed by atoms with E-state index in [0.29, 0.717) is 25.9 Å². The maximum Gasteiger partial charge on any atom is 0.408 e. The number of anilines is 1. The number of fused-ring (bicyclic) bond motifs is 1. The summed E-state index contributed by atoms with van der Waals surface area (Å²) in [5.74, 6) is -0.176. The minimum Gasteiger partial charge on any atom is -0.445 e. The van der Waals surface area contributed by atoms with Crippen molar-refractivity contribution < 1.29 is 23.9 Å². The van der Waals surface area contributed by atoms with Crippen LogP contribution in [-0.4, -0.2) is 29.7 Å². The SMILES string of the molecule is CC(C)(C)OC(=O)N[C@@H]1CCc2ccccc2N(Cc2ccc(-c3ccccc3CNC(=O)OCc3ccccc3)cc2)C1=O. The summed E-state index contributed by atoms with van der Waals surface area (Å²) in [6, 6.07) is 32.7. The first kappa shape index (κ1) is 31.3. The maximum atomic E-state index is 13.8. The molecule has 8 heteroatoms. The van der Waals surface area contributed by atoms with E-state index in [1.165, 1.54) is 0 Å². The number of carbonyl (C=O) groups is 3. The molecule has 0 saturated heterocycles. The lowest BCUT2D eigenvalue weighted by Gasteiger charge is -2.27. The van der Waals surface area contributed by atoms with Gasteiger partial charge < -0.3 is 25.0 Å². The normalized spacial score (nSPS) is 14.6. The second-order valence-electron chi connectivity index (χ2n) is 12.1. The number of rotatable bonds is 8. The van der Waals surface area contributed by atoms with Crippen LogP contribution in [0.15, 0.2) is 103 Å². The Hall–Kier alpha value is -5.11. The van der Waals surface area contributed by atoms with Crippen molar-refractivity contribution in [1.82, 2.24) is 10.6 Å². The molecule has 0 aromatic heterocycles. The lowest BCUT2D eigenvalue weighted by molar-refractivity contribution is -0.120. The molecule has 8 nitrogen and oxygen atoms in total. The Labute approximate surface area is 264 Å². The third-order valence-corrected chi connectivity index (χ3v) is 7.50. The molecule has 1 heterocycles. The highest BCUT2D eigenvalue weighted by Crippen LogP contribution is 2.30. The third-order valence-electron chi connectivity index (χ3n) is 7.50. The summed E-state index contributed by atoms with van der Waals surface area (Å²) in [5.41, 5.74) is 6.03. The molecule has 4 aromatic rings. The lowest BCUT2D eigenvalue weighted by atomic mass is 9.98. The number of aryl methyl sites for hydroxylation is 1. The van der Waals surface area contributed by atoms with Crippen molar-refractivity contribution in [2.24, 2.45) is 0 Å². The molecule has 0 fully saturated rings. The Morgan fingerprint density at radius 2 is 1.51 bits per heavy atom. The van der Waals surface area contributed by atoms with Gasteiger partial charge in [0.05, 0.1) is 6.54 Å². The van der Waals surface area contributed by atoms with Crippen LogP contribution in [0.3, 0.4) is 0 Å². The Balaban J connectivity index is 1.28. The van der Waals surface area contributed by atoms with Crippen LogP contribution in [0.25, 0.3) is 11.1 Å². The molecule has 0 spiro atoms. The number of hydrogen-bond donors (Lipinski definition) is 2. The number of hydrogen-bond acceptors (Lipinski definition) is 5. The topological polar surface area (TPSA) is 97.0 Å². The number of nitrogens with zero attached hydrogens (tertiary/aromatic N) is 1. The van der Waals surface area contributed by atoms with E-state index in [2.05, 4.69) is 10.6 Å². The molecule has 0 aliphatic carbocycles. The van der Waals surface area contributed by atoms with E-state index in [4.69, 9.17) is 9.47 Å². The van der Waals surface area contributed by atoms with E-state index >= 15 is 0 Å². The number of carbonyl (C=O) groups excluding carboxylic acids is 3. The second kappa shape index (κ2) is 14.1. The summed E-state index contributed by atoms with van der Waals surface area (Å²) in [7, 11) is 0. The third kappa shape index (κ3) is 8.50. The Morgan fingerprint density at radius 3 is 2.27 bits per heavy atom. The number of amides is 3. The van der Waals surface area contributed by atoms with E-state index in [-0.39, 0.29) is 12.5 Å². The van der Waals surface area contributed by atoms with Crippen molar-refractivity contribution in [2.75, 3.05) is 4.90 Å². The van der Waals surface area contributed by atoms with Crippen LogP contribution in [0.2, 0.25) is 0 Å². The minimum atomic E-state index is -0.703. The standard InChI is InChI=1S/C37H39N3O5/c1-37(2,3)45-36(43)39-32-22-21-29-13-8-10-16-33(29)40(34(32)41)24-26-17-19-28(20-18-26)31-15-9-7-14-30(31)23-38-35(42)44-25-27-11-5-4-6-12-27/h4-20,32H,21-25H2,1-3H3,(H,38,42)(H,39,43)/t32-/m1/s1. The fourth-order valence-corrected chi connectivity index (χ4v) is 5.33. The summed E-state index contributed by atoms with van der Waals surface area (Å²) in [6.45, 7) is 6.25. The molecule has 0 bridgehead atoms. The number of para-hydroxylation sites is 1. The molecule has 2 N–H and O–H groups in total. The van der Waals surface area contributed by atoms with E-state index in [1.807, 2.05) is 103 Å². The van der Waals surface area contributed by atoms with Gasteiger partial charge in [0.15, 0.2) is 0 Å². The summed E-state index contributed by atoms with van der Waals surface area (Å²) < 4.78 is 10.8. The zero-order valence-electron chi connectivity index (χ0n) is 25.9. The fraction of sp³-hybridized carbons (Fsp3) is 0.270. The van der Waals surface area contributed by atoms with Gasteiger partial charge in [-0.15, -0.1) is 0 Å². The average Bonchev–Trinajstić information content (AvgIpc) is 3.15. The lowest BCUT2D eigenvalue weighted by Crippen LogP contribution is -2.49. The molecule has 0 saturated carbocycles. The molecule has 0 radical (unpaired) electrons. The zero-order valence-corrected chi connectivity index (χ0v) is 25.9. The number of alkyl carbamates (subject to hydrolysis) is 2. The van der Waals surface area contributed by atoms with Crippen molar-refractivity contribution >= 4 is 23.8 Å². The molecular formula is C37H39N3O5. The summed E-state index contributed by atoms with van der Waals surface area (Å²) in [4.78, 5) is 40.5. The van der Waals surface area contributed by atoms with Gasteiger partial charge in [-0.05, 0) is 73.1 Å². The van der Waals surface area contributed by atoms with Crippen molar-refractivity contribution in [2.45, 2.75) is 65.0 Å². The van der Waals surface area contributed by atoms with Crippen LogP contribution in [0.1, 0.15) is 49.4 Å². The van der Waals surface area contributed by atoms with Crippen LogP contribution in [0.4, 0.5) is 15.3 Å². The summed E-state index contributed by atoms with van der Waals surface area (Å²) in [6.07, 6.45) is 0.0528. The molecule has 3 amide bonds. The van der Waals surface area contributed by atoms with Crippen LogP contribution < -0.4 is 15.5 Å². The van der Waals surface area contributed by atoms with Crippen LogP contribution in [0, 0.1) is 0 Å². The van der Waals surface area contributed by atoms with Crippen molar-refractivity contribution in [3.63, 3.8) is 0 Å². The van der Waals surface area contributed by atoms with Gasteiger partial charge in [0.1, 0.15) is 18.2 Å². The first-order chi connectivity index (χ1) is 21.7. The molecule has 1 aliphatic rings. The Bertz CT molecular complexity index is 1630. The highest BCUT2D eigenvalue weighted by Gasteiger charge is 2.32. The van der Waals surface area contributed by atoms with Crippen molar-refractivity contribution in [3.05, 3.63) is 125 Å². The number of benzene rings is 4. The van der Waals surface area contributed by atoms with Gasteiger partial charge in [-0.3, -0.25) is 4.79 Å². The molecule has 45 heavy (non-hydrogen) atoms. The average molecular weight is 606 g/mol. The summed E-state index contributed by atoms with van der Waals surface area (Å²) in [5, 5.41) is 5.65. The largest absolute Gasteiger partial charge is 0.445 e. The van der Waals surface area contributed by atoms with Gasteiger partial charge in [-0.1, -0.05) is 97.1 Å². The molecular weight excluding hydrogens is 566 g/mol. The summed E-state index contributed by atoms with van der Waals surface area (Å²) >= 11 is 0. The van der Waals surface area contributed by atoms with Gasteiger partial charge in [0.25, 0.3) is 0 Å². The highest BCUT2D eigenvalue weighted by molar-refractivity contribution is 6.00. The van der Waals surface area contributed by atoms with E-state index < -0.39 is 23.8 Å². The van der Waals surface area contributed by atoms with Crippen LogP contribution in [-0.2, 0) is 40.4 Å². The molecule has 232 valence electrons. The molecule has 5 rings (SSSR count). The number of nitrogens with one attached hydrogen (secondary N) is 2. The highest BCUT2D eigenvalue weighted by atomic mass is 16.6. The van der Waals surface area contributed by atoms with E-state index in [0.717, 1.165) is 39.1 Å². The first-order valence-corrected chi connectivity index (χ1v) is 15.2. The number of ether oxygens (including phenoxy) is 2. The van der Waals surface area contributed by atoms with E-state index in [9.17, 15) is 14.4 Å². The molecule has 1 aliphatic heterocycles. The fourth-order valence-electron chi connectivity index (χ4n) is 5.33. The Kier molecular flexibility index (Phi) is 9.82. The second-order valence-corrected chi connectivity index (χ2v) is 12.1. The quantitative estimate of drug-likeness (QED) is 0.222. The van der Waals surface area contributed by atoms with Gasteiger partial charge in [0.2, 0.25) is 5.91 Å². The van der Waals surface area contributed by atoms with Crippen molar-refractivity contribution in [1.29, 1.82) is 0 Å². The Morgan fingerprint density at radius 1 is 0.822 bits per heavy atom.